The van der Waals surface area contributed by atoms with Crippen molar-refractivity contribution in [2.24, 2.45) is 4.99 Å². The Bertz CT molecular complexity index is 530. The van der Waals surface area contributed by atoms with E-state index in [4.69, 9.17) is 0 Å². The summed E-state index contributed by atoms with van der Waals surface area (Å²) in [7, 11) is 1.84. The quantitative estimate of drug-likeness (QED) is 0.399. The maximum atomic E-state index is 4.36. The van der Waals surface area contributed by atoms with Crippen LogP contribution in [0.15, 0.2) is 29.3 Å². The fourth-order valence-electron chi connectivity index (χ4n) is 2.62. The van der Waals surface area contributed by atoms with Crippen molar-refractivity contribution in [3.63, 3.8) is 0 Å². The van der Waals surface area contributed by atoms with Gasteiger partial charge in [0.2, 0.25) is 0 Å². The molecule has 0 aliphatic carbocycles. The van der Waals surface area contributed by atoms with Crippen LogP contribution < -0.4 is 15.5 Å². The van der Waals surface area contributed by atoms with Gasteiger partial charge in [-0.15, -0.1) is 24.0 Å². The molecule has 0 saturated carbocycles. The Hall–Kier alpha value is -0.630. The third-order valence-corrected chi connectivity index (χ3v) is 5.64. The maximum absolute atomic E-state index is 4.36. The SMILES string of the molecule is CN=C(NCC(C)(C)SC)NC1CCN(c2ccc(C)cc2)C1.I. The van der Waals surface area contributed by atoms with Crippen molar-refractivity contribution in [2.75, 3.05) is 37.8 Å². The van der Waals surface area contributed by atoms with Gasteiger partial charge in [-0.2, -0.15) is 11.8 Å². The standard InChI is InChI=1S/C18H30N4S.HI/c1-14-6-8-16(9-7-14)22-11-10-15(12-22)21-17(19-4)20-13-18(2,3)23-5;/h6-9,15H,10-13H2,1-5H3,(H2,19,20,21);1H. The van der Waals surface area contributed by atoms with E-state index in [0.29, 0.717) is 6.04 Å². The third kappa shape index (κ3) is 6.35. The summed E-state index contributed by atoms with van der Waals surface area (Å²) < 4.78 is 0.210. The summed E-state index contributed by atoms with van der Waals surface area (Å²) in [6.45, 7) is 9.63. The number of hydrogen-bond acceptors (Lipinski definition) is 3. The Labute approximate surface area is 168 Å². The van der Waals surface area contributed by atoms with Crippen molar-refractivity contribution in [1.82, 2.24) is 10.6 Å². The number of aryl methyl sites for hydroxylation is 1. The average Bonchev–Trinajstić information content (AvgIpc) is 3.00. The van der Waals surface area contributed by atoms with Crippen LogP contribution in [0.2, 0.25) is 0 Å². The monoisotopic (exact) mass is 462 g/mol. The molecule has 1 saturated heterocycles. The van der Waals surface area contributed by atoms with Gasteiger partial charge in [-0.3, -0.25) is 4.99 Å². The Morgan fingerprint density at radius 2 is 2.00 bits per heavy atom. The molecule has 1 unspecified atom stereocenters. The highest BCUT2D eigenvalue weighted by molar-refractivity contribution is 14.0. The molecule has 136 valence electrons. The second-order valence-electron chi connectivity index (χ2n) is 6.80. The van der Waals surface area contributed by atoms with Crippen LogP contribution in [-0.2, 0) is 0 Å². The van der Waals surface area contributed by atoms with Crippen LogP contribution in [0.1, 0.15) is 25.8 Å². The number of hydrogen-bond donors (Lipinski definition) is 2. The van der Waals surface area contributed by atoms with E-state index in [0.717, 1.165) is 32.0 Å². The molecule has 1 aliphatic heterocycles. The lowest BCUT2D eigenvalue weighted by Crippen LogP contribution is -2.47. The molecule has 0 amide bonds. The number of rotatable bonds is 5. The van der Waals surface area contributed by atoms with E-state index < -0.39 is 0 Å². The molecule has 1 fully saturated rings. The molecule has 0 radical (unpaired) electrons. The highest BCUT2D eigenvalue weighted by atomic mass is 127. The Morgan fingerprint density at radius 3 is 2.58 bits per heavy atom. The fraction of sp³-hybridized carbons (Fsp3) is 0.611. The lowest BCUT2D eigenvalue weighted by molar-refractivity contribution is 0.623. The number of halogens is 1. The van der Waals surface area contributed by atoms with Gasteiger partial charge in [0.05, 0.1) is 0 Å². The van der Waals surface area contributed by atoms with Gasteiger partial charge < -0.3 is 15.5 Å². The summed E-state index contributed by atoms with van der Waals surface area (Å²) in [6, 6.07) is 9.24. The van der Waals surface area contributed by atoms with Crippen molar-refractivity contribution in [3.8, 4) is 0 Å². The molecule has 1 atom stereocenters. The largest absolute Gasteiger partial charge is 0.369 e. The first kappa shape index (κ1) is 21.4. The van der Waals surface area contributed by atoms with E-state index in [-0.39, 0.29) is 28.7 Å². The topological polar surface area (TPSA) is 39.7 Å². The van der Waals surface area contributed by atoms with Crippen molar-refractivity contribution in [3.05, 3.63) is 29.8 Å². The van der Waals surface area contributed by atoms with Gasteiger partial charge in [0, 0.05) is 43.2 Å². The van der Waals surface area contributed by atoms with Crippen molar-refractivity contribution in [2.45, 2.75) is 38.0 Å². The van der Waals surface area contributed by atoms with E-state index in [2.05, 4.69) is 71.8 Å². The van der Waals surface area contributed by atoms with Crippen molar-refractivity contribution in [1.29, 1.82) is 0 Å². The summed E-state index contributed by atoms with van der Waals surface area (Å²) in [4.78, 5) is 6.81. The predicted octanol–water partition coefficient (Wildman–Crippen LogP) is 3.50. The molecule has 0 spiro atoms. The number of benzene rings is 1. The third-order valence-electron chi connectivity index (χ3n) is 4.39. The van der Waals surface area contributed by atoms with E-state index in [1.807, 2.05) is 18.8 Å². The molecular formula is C18H31IN4S. The molecule has 1 aromatic carbocycles. The zero-order valence-electron chi connectivity index (χ0n) is 15.4. The lowest BCUT2D eigenvalue weighted by atomic mass is 10.2. The minimum atomic E-state index is 0. The number of nitrogens with one attached hydrogen (secondary N) is 2. The van der Waals surface area contributed by atoms with Crippen LogP contribution in [0, 0.1) is 6.92 Å². The number of guanidine groups is 1. The normalized spacial score (nSPS) is 18.3. The van der Waals surface area contributed by atoms with Crippen LogP contribution in [0.5, 0.6) is 0 Å². The molecule has 4 nitrogen and oxygen atoms in total. The zero-order chi connectivity index (χ0) is 16.9. The van der Waals surface area contributed by atoms with Crippen LogP contribution in [0.4, 0.5) is 5.69 Å². The van der Waals surface area contributed by atoms with Crippen LogP contribution in [0.25, 0.3) is 0 Å². The Kier molecular flexibility index (Phi) is 8.70. The molecule has 1 aromatic rings. The second-order valence-corrected chi connectivity index (χ2v) is 8.31. The van der Waals surface area contributed by atoms with E-state index in [1.165, 1.54) is 11.3 Å². The smallest absolute Gasteiger partial charge is 0.191 e. The van der Waals surface area contributed by atoms with Gasteiger partial charge in [0.25, 0.3) is 0 Å². The highest BCUT2D eigenvalue weighted by Gasteiger charge is 2.24. The molecule has 24 heavy (non-hydrogen) atoms. The van der Waals surface area contributed by atoms with Gasteiger partial charge >= 0.3 is 0 Å². The number of aliphatic imine (C=N–C) groups is 1. The highest BCUT2D eigenvalue weighted by Crippen LogP contribution is 2.21. The van der Waals surface area contributed by atoms with E-state index in [1.54, 1.807) is 0 Å². The molecule has 1 heterocycles. The lowest BCUT2D eigenvalue weighted by Gasteiger charge is -2.25. The van der Waals surface area contributed by atoms with Gasteiger partial charge in [0.15, 0.2) is 5.96 Å². The second kappa shape index (κ2) is 9.75. The minimum absolute atomic E-state index is 0. The molecular weight excluding hydrogens is 431 g/mol. The molecule has 6 heteroatoms. The Morgan fingerprint density at radius 1 is 1.33 bits per heavy atom. The number of thioether (sulfide) groups is 1. The summed E-state index contributed by atoms with van der Waals surface area (Å²) in [5, 5.41) is 7.01. The summed E-state index contributed by atoms with van der Waals surface area (Å²) in [5.74, 6) is 0.905. The zero-order valence-corrected chi connectivity index (χ0v) is 18.6. The van der Waals surface area contributed by atoms with Crippen LogP contribution in [0.3, 0.4) is 0 Å². The first-order valence-corrected chi connectivity index (χ1v) is 9.50. The van der Waals surface area contributed by atoms with Gasteiger partial charge in [-0.05, 0) is 45.6 Å². The molecule has 0 bridgehead atoms. The van der Waals surface area contributed by atoms with Crippen LogP contribution >= 0.6 is 35.7 Å². The summed E-state index contributed by atoms with van der Waals surface area (Å²) in [5.41, 5.74) is 2.62. The van der Waals surface area contributed by atoms with Crippen molar-refractivity contribution >= 4 is 47.4 Å². The van der Waals surface area contributed by atoms with Gasteiger partial charge in [0.1, 0.15) is 0 Å². The van der Waals surface area contributed by atoms with Crippen molar-refractivity contribution < 1.29 is 0 Å². The van der Waals surface area contributed by atoms with Crippen LogP contribution in [-0.4, -0.2) is 49.7 Å². The molecule has 2 rings (SSSR count). The Balaban J connectivity index is 0.00000288. The first-order chi connectivity index (χ1) is 10.9. The molecule has 1 aliphatic rings. The predicted molar refractivity (Wildman–Crippen MR) is 119 cm³/mol. The molecule has 2 N–H and O–H groups in total. The molecule has 0 aromatic heterocycles. The summed E-state index contributed by atoms with van der Waals surface area (Å²) >= 11 is 1.87. The van der Waals surface area contributed by atoms with E-state index >= 15 is 0 Å². The maximum Gasteiger partial charge on any atom is 0.191 e. The van der Waals surface area contributed by atoms with Gasteiger partial charge in [-0.25, -0.2) is 0 Å². The first-order valence-electron chi connectivity index (χ1n) is 8.27. The minimum Gasteiger partial charge on any atom is -0.369 e. The van der Waals surface area contributed by atoms with E-state index in [9.17, 15) is 0 Å². The number of anilines is 1. The number of nitrogens with zero attached hydrogens (tertiary/aromatic N) is 2. The van der Waals surface area contributed by atoms with Gasteiger partial charge in [-0.1, -0.05) is 17.7 Å². The fourth-order valence-corrected chi connectivity index (χ4v) is 2.84. The summed E-state index contributed by atoms with van der Waals surface area (Å²) in [6.07, 6.45) is 3.29. The average molecular weight is 462 g/mol.